The Morgan fingerprint density at radius 3 is 1.51 bits per heavy atom. The van der Waals surface area contributed by atoms with E-state index in [0.29, 0.717) is 25.7 Å². The molecule has 350 valence electrons. The molecule has 0 aromatic heterocycles. The Kier molecular flexibility index (Phi) is 18.5. The van der Waals surface area contributed by atoms with Crippen LogP contribution in [-0.2, 0) is 43.0 Å². The number of rotatable bonds is 6. The summed E-state index contributed by atoms with van der Waals surface area (Å²) in [5, 5.41) is 0. The molecule has 0 fully saturated rings. The van der Waals surface area contributed by atoms with Gasteiger partial charge in [-0.3, -0.25) is 6.08 Å². The fourth-order valence-corrected chi connectivity index (χ4v) is 9.76. The van der Waals surface area contributed by atoms with Crippen molar-refractivity contribution < 1.29 is 50.6 Å². The zero-order valence-corrected chi connectivity index (χ0v) is 43.8. The number of fused-ring (bicyclic) bond motifs is 3. The number of allylic oxidation sites excluding steroid dienone is 4. The van der Waals surface area contributed by atoms with Crippen LogP contribution in [0.5, 0.6) is 0 Å². The zero-order valence-electron chi connectivity index (χ0n) is 39.8. The molecule has 0 aliphatic heterocycles. The van der Waals surface area contributed by atoms with Gasteiger partial charge in [0.1, 0.15) is 0 Å². The number of aryl methyl sites for hydroxylation is 6. The van der Waals surface area contributed by atoms with Crippen LogP contribution < -0.4 is 0 Å². The summed E-state index contributed by atoms with van der Waals surface area (Å²) in [6.07, 6.45) is 2.57. The fraction of sp³-hybridized carbons (Fsp3) is 0.293. The first kappa shape index (κ1) is 55.3. The normalized spacial score (nSPS) is 13.8. The summed E-state index contributed by atoms with van der Waals surface area (Å²) in [5.41, 5.74) is 20.1. The summed E-state index contributed by atoms with van der Waals surface area (Å²) in [6.45, 7) is 22.2. The summed E-state index contributed by atoms with van der Waals surface area (Å²) in [4.78, 5) is 0. The summed E-state index contributed by atoms with van der Waals surface area (Å²) >= 11 is 0.898. The predicted molar refractivity (Wildman–Crippen MR) is 267 cm³/mol. The van der Waals surface area contributed by atoms with Gasteiger partial charge in [0, 0.05) is 0 Å². The van der Waals surface area contributed by atoms with Crippen molar-refractivity contribution in [2.45, 2.75) is 101 Å². The Balaban J connectivity index is 0.000000238. The number of hydrogen-bond acceptors (Lipinski definition) is 0. The van der Waals surface area contributed by atoms with Gasteiger partial charge in [-0.15, -0.1) is 54.1 Å². The topological polar surface area (TPSA) is 0 Å². The average Bonchev–Trinajstić information content (AvgIpc) is 3.85. The van der Waals surface area contributed by atoms with Crippen LogP contribution in [0.15, 0.2) is 121 Å². The summed E-state index contributed by atoms with van der Waals surface area (Å²) in [7, 11) is 0. The van der Waals surface area contributed by atoms with Crippen LogP contribution in [-0.4, -0.2) is 3.21 Å². The van der Waals surface area contributed by atoms with Crippen LogP contribution in [0.25, 0.3) is 33.4 Å². The van der Waals surface area contributed by atoms with Crippen LogP contribution in [0, 0.1) is 65.0 Å². The quantitative estimate of drug-likeness (QED) is 0.115. The van der Waals surface area contributed by atoms with Crippen molar-refractivity contribution in [3.8, 4) is 33.4 Å². The second kappa shape index (κ2) is 22.4. The molecule has 0 radical (unpaired) electrons. The second-order valence-electron chi connectivity index (χ2n) is 18.5. The van der Waals surface area contributed by atoms with Gasteiger partial charge < -0.3 is 0 Å². The molecule has 2 aliphatic carbocycles. The Bertz CT molecular complexity index is 2560. The molecule has 8 rings (SSSR count). The Morgan fingerprint density at radius 2 is 1.07 bits per heavy atom. The van der Waals surface area contributed by atoms with Crippen LogP contribution in [0.3, 0.4) is 0 Å². The van der Waals surface area contributed by atoms with E-state index in [9.17, 15) is 26.3 Å². The molecule has 0 N–H and O–H groups in total. The molecule has 2 aliphatic rings. The van der Waals surface area contributed by atoms with Crippen molar-refractivity contribution in [1.29, 1.82) is 0 Å². The molecule has 0 heterocycles. The van der Waals surface area contributed by atoms with E-state index in [1.54, 1.807) is 0 Å². The number of hydrogen-bond donors (Lipinski definition) is 0. The summed E-state index contributed by atoms with van der Waals surface area (Å²) in [6, 6.07) is 33.6. The standard InChI is InChI=1S/C31H29.C15H8F6.C12H19.2ClH.Zr/c1-18-11-20(3)30(21(4)12-18)24-7-9-28-26(15-24)17-27-16-25(8-10-29(27)28)31-22(5)13-19(2)14-23(31)6;16-14(17,18)12-5-1-10(2-6-12)9-11-3-7-13(8-4-11)15(19,20)21;1-5-6-10-7-8-11(9-10)12(2,3)4;;;/h7-15H,17H2,1-6H3;1-8H;8-10H,5-6H2,1-4H3;2*1H;/q-1;;-1;;;+2. The number of benzene rings is 6. The molecule has 67 heavy (non-hydrogen) atoms. The molecule has 1 atom stereocenters. The van der Waals surface area contributed by atoms with Gasteiger partial charge in [-0.1, -0.05) is 133 Å². The van der Waals surface area contributed by atoms with Gasteiger partial charge in [0.25, 0.3) is 0 Å². The Hall–Kier alpha value is -4.29. The minimum absolute atomic E-state index is 0. The second-order valence-corrected chi connectivity index (χ2v) is 19.7. The number of halogens is 8. The van der Waals surface area contributed by atoms with Crippen molar-refractivity contribution in [2.75, 3.05) is 0 Å². The van der Waals surface area contributed by atoms with E-state index in [1.165, 1.54) is 121 Å². The van der Waals surface area contributed by atoms with Crippen molar-refractivity contribution in [3.63, 3.8) is 0 Å². The molecule has 1 unspecified atom stereocenters. The van der Waals surface area contributed by atoms with Gasteiger partial charge >= 0.3 is 137 Å². The van der Waals surface area contributed by atoms with E-state index in [4.69, 9.17) is 0 Å². The molecule has 9 heteroatoms. The van der Waals surface area contributed by atoms with Crippen LogP contribution >= 0.6 is 24.8 Å². The van der Waals surface area contributed by atoms with Crippen LogP contribution in [0.2, 0.25) is 0 Å². The Labute approximate surface area is 421 Å². The molecule has 0 bridgehead atoms. The van der Waals surface area contributed by atoms with Gasteiger partial charge in [-0.2, -0.15) is 11.6 Å². The van der Waals surface area contributed by atoms with E-state index in [1.807, 2.05) is 0 Å². The molecular formula is C58H58Cl2F6Zr. The van der Waals surface area contributed by atoms with Gasteiger partial charge in [0.2, 0.25) is 0 Å². The molecule has 0 amide bonds. The first-order valence-electron chi connectivity index (χ1n) is 22.0. The van der Waals surface area contributed by atoms with E-state index in [0.717, 1.165) is 54.9 Å². The van der Waals surface area contributed by atoms with Gasteiger partial charge in [0.15, 0.2) is 0 Å². The first-order valence-corrected chi connectivity index (χ1v) is 23.3. The number of alkyl halides is 6. The molecular weight excluding hydrogens is 973 g/mol. The van der Waals surface area contributed by atoms with Crippen LogP contribution in [0.1, 0.15) is 107 Å². The maximum atomic E-state index is 12.5. The molecule has 6 aromatic rings. The summed E-state index contributed by atoms with van der Waals surface area (Å²) in [5.74, 6) is 0.587. The zero-order chi connectivity index (χ0) is 47.6. The van der Waals surface area contributed by atoms with Gasteiger partial charge in [-0.05, 0) is 75.8 Å². The van der Waals surface area contributed by atoms with Crippen molar-refractivity contribution in [3.05, 3.63) is 200 Å². The molecule has 0 saturated carbocycles. The predicted octanol–water partition coefficient (Wildman–Crippen LogP) is 17.7. The van der Waals surface area contributed by atoms with E-state index in [2.05, 4.69) is 148 Å². The van der Waals surface area contributed by atoms with Gasteiger partial charge in [-0.25, -0.2) is 6.08 Å². The van der Waals surface area contributed by atoms with Crippen LogP contribution in [0.4, 0.5) is 26.3 Å². The fourth-order valence-electron chi connectivity index (χ4n) is 8.94. The Morgan fingerprint density at radius 1 is 0.612 bits per heavy atom. The third kappa shape index (κ3) is 13.5. The van der Waals surface area contributed by atoms with Crippen molar-refractivity contribution in [2.24, 2.45) is 11.3 Å². The van der Waals surface area contributed by atoms with E-state index < -0.39 is 23.5 Å². The maximum absolute atomic E-state index is 12.5. The third-order valence-corrected chi connectivity index (χ3v) is 13.4. The van der Waals surface area contributed by atoms with Gasteiger partial charge in [0.05, 0.1) is 0 Å². The SMILES string of the molecule is CCCC1[C-]=CC(C(C)(C)C)=C1.Cc1cc(C)c(-c2[c-]c3c(cc2)-c2ccc(-c4c(C)cc(C)cc4C)cc2C3)c(C)c1.Cl.Cl.FC(F)(F)c1ccc([C](=[Zr+2])c2ccc(C(F)(F)F)cc2)cc1. The first-order chi connectivity index (χ1) is 30.4. The summed E-state index contributed by atoms with van der Waals surface area (Å²) < 4.78 is 75.6. The average molecular weight is 1030 g/mol. The van der Waals surface area contributed by atoms with E-state index >= 15 is 0 Å². The van der Waals surface area contributed by atoms with E-state index in [-0.39, 0.29) is 24.8 Å². The molecule has 0 spiro atoms. The third-order valence-electron chi connectivity index (χ3n) is 12.0. The van der Waals surface area contributed by atoms with Crippen molar-refractivity contribution in [1.82, 2.24) is 0 Å². The molecule has 0 saturated heterocycles. The molecule has 0 nitrogen and oxygen atoms in total. The monoisotopic (exact) mass is 1030 g/mol. The molecule has 6 aromatic carbocycles. The minimum atomic E-state index is -4.41. The van der Waals surface area contributed by atoms with Crippen molar-refractivity contribution >= 4 is 28.0 Å².